The van der Waals surface area contributed by atoms with Gasteiger partial charge >= 0.3 is 0 Å². The summed E-state index contributed by atoms with van der Waals surface area (Å²) in [6.45, 7) is 3.67. The lowest BCUT2D eigenvalue weighted by molar-refractivity contribution is 0.0768. The van der Waals surface area contributed by atoms with E-state index in [1.54, 1.807) is 7.11 Å². The van der Waals surface area contributed by atoms with E-state index in [0.29, 0.717) is 17.9 Å². The molecule has 0 bridgehead atoms. The highest BCUT2D eigenvalue weighted by Gasteiger charge is 2.47. The number of benzene rings is 2. The molecule has 2 aromatic carbocycles. The van der Waals surface area contributed by atoms with Crippen LogP contribution in [0.15, 0.2) is 42.5 Å². The molecular weight excluding hydrogens is 433 g/mol. The lowest BCUT2D eigenvalue weighted by atomic mass is 9.89. The summed E-state index contributed by atoms with van der Waals surface area (Å²) in [5, 5.41) is 3.47. The molecule has 0 aliphatic carbocycles. The fraction of sp³-hybridized carbons (Fsp3) is 0.458. The van der Waals surface area contributed by atoms with Gasteiger partial charge in [0.25, 0.3) is 5.91 Å². The molecule has 3 aliphatic rings. The Bertz CT molecular complexity index is 922. The topological polar surface area (TPSA) is 44.8 Å². The number of amides is 1. The van der Waals surface area contributed by atoms with Crippen molar-refractivity contribution in [3.63, 3.8) is 0 Å². The van der Waals surface area contributed by atoms with Gasteiger partial charge in [-0.2, -0.15) is 0 Å². The van der Waals surface area contributed by atoms with E-state index in [0.717, 1.165) is 56.0 Å². The summed E-state index contributed by atoms with van der Waals surface area (Å²) in [5.41, 5.74) is 4.49. The Morgan fingerprint density at radius 3 is 2.58 bits per heavy atom. The maximum atomic E-state index is 13.4. The molecule has 0 spiro atoms. The van der Waals surface area contributed by atoms with Crippen LogP contribution in [0.2, 0.25) is 0 Å². The normalized spacial score (nSPS) is 24.3. The van der Waals surface area contributed by atoms with Gasteiger partial charge in [0.15, 0.2) is 0 Å². The van der Waals surface area contributed by atoms with Crippen molar-refractivity contribution in [2.24, 2.45) is 11.8 Å². The molecule has 2 aromatic rings. The average Bonchev–Trinajstić information content (AvgIpc) is 3.29. The van der Waals surface area contributed by atoms with Gasteiger partial charge in [0, 0.05) is 38.1 Å². The summed E-state index contributed by atoms with van der Waals surface area (Å²) in [6, 6.07) is 14.9. The third-order valence-electron chi connectivity index (χ3n) is 6.94. The minimum Gasteiger partial charge on any atom is -0.497 e. The Balaban J connectivity index is 0.00000136. The monoisotopic (exact) mass is 463 g/mol. The van der Waals surface area contributed by atoms with Gasteiger partial charge in [0.05, 0.1) is 18.4 Å². The number of methoxy groups -OCH3 is 1. The number of nitrogens with one attached hydrogen (secondary N) is 1. The van der Waals surface area contributed by atoms with E-state index in [1.807, 2.05) is 24.3 Å². The van der Waals surface area contributed by atoms with Crippen molar-refractivity contribution in [1.82, 2.24) is 9.80 Å². The second-order valence-corrected chi connectivity index (χ2v) is 8.66. The molecule has 5 rings (SSSR count). The second kappa shape index (κ2) is 9.68. The largest absolute Gasteiger partial charge is 0.497 e. The van der Waals surface area contributed by atoms with Gasteiger partial charge < -0.3 is 15.0 Å². The van der Waals surface area contributed by atoms with Crippen molar-refractivity contribution in [1.29, 1.82) is 0 Å². The van der Waals surface area contributed by atoms with Gasteiger partial charge in [0.2, 0.25) is 0 Å². The maximum absolute atomic E-state index is 13.4. The highest BCUT2D eigenvalue weighted by atomic mass is 35.5. The minimum absolute atomic E-state index is 0. The van der Waals surface area contributed by atoms with Gasteiger partial charge in [0.1, 0.15) is 5.75 Å². The third kappa shape index (κ3) is 4.23. The van der Waals surface area contributed by atoms with E-state index in [9.17, 15) is 4.79 Å². The Labute approximate surface area is 197 Å². The van der Waals surface area contributed by atoms with E-state index in [1.165, 1.54) is 11.1 Å². The average molecular weight is 464 g/mol. The molecule has 2 saturated heterocycles. The van der Waals surface area contributed by atoms with E-state index in [2.05, 4.69) is 40.4 Å². The first-order valence-corrected chi connectivity index (χ1v) is 10.6. The number of anilines is 1. The molecule has 3 heterocycles. The number of fused-ring (bicyclic) bond motifs is 2. The summed E-state index contributed by atoms with van der Waals surface area (Å²) in [7, 11) is 3.90. The predicted molar refractivity (Wildman–Crippen MR) is 129 cm³/mol. The third-order valence-corrected chi connectivity index (χ3v) is 6.94. The van der Waals surface area contributed by atoms with Crippen molar-refractivity contribution in [3.05, 3.63) is 59.2 Å². The Hall–Kier alpha value is -1.95. The number of aryl methyl sites for hydroxylation is 1. The molecule has 0 unspecified atom stereocenters. The number of halogens is 2. The van der Waals surface area contributed by atoms with Crippen LogP contribution in [-0.2, 0) is 6.42 Å². The highest BCUT2D eigenvalue weighted by molar-refractivity contribution is 6.00. The molecule has 168 valence electrons. The van der Waals surface area contributed by atoms with E-state index in [-0.39, 0.29) is 30.7 Å². The molecule has 31 heavy (non-hydrogen) atoms. The summed E-state index contributed by atoms with van der Waals surface area (Å²) in [6.07, 6.45) is 2.19. The number of carbonyl (C=O) groups is 1. The van der Waals surface area contributed by atoms with Crippen LogP contribution in [0.4, 0.5) is 5.69 Å². The van der Waals surface area contributed by atoms with Crippen molar-refractivity contribution >= 4 is 36.4 Å². The predicted octanol–water partition coefficient (Wildman–Crippen LogP) is 4.27. The summed E-state index contributed by atoms with van der Waals surface area (Å²) in [4.78, 5) is 18.0. The van der Waals surface area contributed by atoms with Crippen LogP contribution < -0.4 is 10.1 Å². The Morgan fingerprint density at radius 1 is 1.06 bits per heavy atom. The second-order valence-electron chi connectivity index (χ2n) is 8.66. The standard InChI is InChI=1S/C24H29N3O2.2ClH/c1-26-13-18-14-27(15-21(18)23(26)17-8-10-19(29-2)11-9-17)24(28)20-7-3-5-16-6-4-12-25-22(16)20;;/h3,5,7-11,18,21,23,25H,4,6,12-15H2,1-2H3;2*1H/t18-,21+,23-;;/m0../s1. The lowest BCUT2D eigenvalue weighted by Gasteiger charge is -2.28. The van der Waals surface area contributed by atoms with Crippen LogP contribution in [0.1, 0.15) is 33.9 Å². The first kappa shape index (κ1) is 23.7. The SMILES string of the molecule is COc1ccc([C@H]2[C@@H]3CN(C(=O)c4cccc5c4NCCC5)C[C@@H]3CN2C)cc1.Cl.Cl. The van der Waals surface area contributed by atoms with Crippen LogP contribution in [0, 0.1) is 11.8 Å². The van der Waals surface area contributed by atoms with Gasteiger partial charge in [-0.1, -0.05) is 24.3 Å². The van der Waals surface area contributed by atoms with Gasteiger partial charge in [-0.05, 0) is 55.1 Å². The van der Waals surface area contributed by atoms with E-state index >= 15 is 0 Å². The fourth-order valence-electron chi connectivity index (χ4n) is 5.58. The molecule has 3 atom stereocenters. The summed E-state index contributed by atoms with van der Waals surface area (Å²) < 4.78 is 5.32. The zero-order valence-corrected chi connectivity index (χ0v) is 19.7. The number of para-hydroxylation sites is 1. The number of rotatable bonds is 3. The number of hydrogen-bond donors (Lipinski definition) is 1. The number of hydrogen-bond acceptors (Lipinski definition) is 4. The molecule has 2 fully saturated rings. The van der Waals surface area contributed by atoms with Gasteiger partial charge in [-0.15, -0.1) is 24.8 Å². The smallest absolute Gasteiger partial charge is 0.255 e. The van der Waals surface area contributed by atoms with E-state index in [4.69, 9.17) is 4.74 Å². The quantitative estimate of drug-likeness (QED) is 0.737. The van der Waals surface area contributed by atoms with Crippen molar-refractivity contribution in [3.8, 4) is 5.75 Å². The van der Waals surface area contributed by atoms with Gasteiger partial charge in [-0.25, -0.2) is 0 Å². The van der Waals surface area contributed by atoms with Crippen LogP contribution in [0.3, 0.4) is 0 Å². The molecule has 0 saturated carbocycles. The molecular formula is C24H31Cl2N3O2. The highest BCUT2D eigenvalue weighted by Crippen LogP contribution is 2.44. The number of nitrogens with zero attached hydrogens (tertiary/aromatic N) is 2. The molecule has 1 amide bonds. The van der Waals surface area contributed by atoms with E-state index < -0.39 is 0 Å². The number of ether oxygens (including phenoxy) is 1. The first-order chi connectivity index (χ1) is 14.2. The molecule has 3 aliphatic heterocycles. The van der Waals surface area contributed by atoms with Crippen molar-refractivity contribution < 1.29 is 9.53 Å². The summed E-state index contributed by atoms with van der Waals surface area (Å²) in [5.74, 6) is 2.07. The Morgan fingerprint density at radius 2 is 1.84 bits per heavy atom. The molecule has 0 radical (unpaired) electrons. The van der Waals surface area contributed by atoms with Crippen LogP contribution in [-0.4, -0.2) is 56.0 Å². The number of likely N-dealkylation sites (tertiary alicyclic amines) is 2. The minimum atomic E-state index is 0. The lowest BCUT2D eigenvalue weighted by Crippen LogP contribution is -2.34. The fourth-order valence-corrected chi connectivity index (χ4v) is 5.58. The molecule has 7 heteroatoms. The van der Waals surface area contributed by atoms with Crippen molar-refractivity contribution in [2.45, 2.75) is 18.9 Å². The zero-order chi connectivity index (χ0) is 20.0. The Kier molecular flexibility index (Phi) is 7.40. The molecule has 0 aromatic heterocycles. The van der Waals surface area contributed by atoms with Crippen LogP contribution in [0.25, 0.3) is 0 Å². The van der Waals surface area contributed by atoms with Crippen LogP contribution in [0.5, 0.6) is 5.75 Å². The maximum Gasteiger partial charge on any atom is 0.255 e. The molecule has 1 N–H and O–H groups in total. The first-order valence-electron chi connectivity index (χ1n) is 10.6. The molecule has 5 nitrogen and oxygen atoms in total. The summed E-state index contributed by atoms with van der Waals surface area (Å²) >= 11 is 0. The van der Waals surface area contributed by atoms with Crippen LogP contribution >= 0.6 is 24.8 Å². The van der Waals surface area contributed by atoms with Gasteiger partial charge in [-0.3, -0.25) is 9.69 Å². The zero-order valence-electron chi connectivity index (χ0n) is 18.0. The van der Waals surface area contributed by atoms with Crippen molar-refractivity contribution in [2.75, 3.05) is 45.7 Å². The number of carbonyl (C=O) groups excluding carboxylic acids is 1.